The molecule has 10 heteroatoms. The summed E-state index contributed by atoms with van der Waals surface area (Å²) in [5.41, 5.74) is -0.411. The van der Waals surface area contributed by atoms with E-state index in [0.717, 1.165) is 23.5 Å². The molecule has 2 aromatic heterocycles. The molecule has 1 aromatic carbocycles. The molecule has 1 amide bonds. The number of fused-ring (bicyclic) bond motifs is 1. The highest BCUT2D eigenvalue weighted by Gasteiger charge is 2.40. The molecule has 168 valence electrons. The van der Waals surface area contributed by atoms with Crippen molar-refractivity contribution < 1.29 is 9.90 Å². The second-order valence-electron chi connectivity index (χ2n) is 8.90. The molecule has 1 aliphatic carbocycles. The number of rotatable bonds is 5. The summed E-state index contributed by atoms with van der Waals surface area (Å²) in [6.45, 7) is 6.17. The fourth-order valence-electron chi connectivity index (χ4n) is 3.95. The highest BCUT2D eigenvalue weighted by Crippen LogP contribution is 2.47. The summed E-state index contributed by atoms with van der Waals surface area (Å²) < 4.78 is 0. The standard InChI is InChI=1S/C22H25N5O4S/c1-10-24-13-12(32-10)6-8-22(2,3)20(13)26-15-14(18(29)19(15)30)25-11-7-9-23-16(17(11)28)21(31)27(4)5/h7,9,20,26,28H,6,8H2,1-5H3,(H,23,25)/t20-/m0/s1. The zero-order valence-corrected chi connectivity index (χ0v) is 19.4. The van der Waals surface area contributed by atoms with Gasteiger partial charge in [-0.25, -0.2) is 9.97 Å². The Morgan fingerprint density at radius 1 is 1.25 bits per heavy atom. The lowest BCUT2D eigenvalue weighted by molar-refractivity contribution is 0.0819. The molecule has 1 atom stereocenters. The number of nitrogens with zero attached hydrogens (tertiary/aromatic N) is 3. The maximum atomic E-state index is 12.5. The van der Waals surface area contributed by atoms with Crippen molar-refractivity contribution in [2.24, 2.45) is 5.41 Å². The van der Waals surface area contributed by atoms with Crippen LogP contribution < -0.4 is 21.5 Å². The second kappa shape index (κ2) is 7.70. The summed E-state index contributed by atoms with van der Waals surface area (Å²) in [5.74, 6) is -0.870. The van der Waals surface area contributed by atoms with Gasteiger partial charge >= 0.3 is 0 Å². The Morgan fingerprint density at radius 3 is 2.62 bits per heavy atom. The minimum atomic E-state index is -0.688. The number of aromatic hydroxyl groups is 1. The average molecular weight is 456 g/mol. The zero-order chi connectivity index (χ0) is 23.4. The van der Waals surface area contributed by atoms with Gasteiger partial charge in [-0.2, -0.15) is 0 Å². The first-order chi connectivity index (χ1) is 15.0. The van der Waals surface area contributed by atoms with E-state index in [-0.39, 0.29) is 40.0 Å². The minimum absolute atomic E-state index is 0.0506. The Kier molecular flexibility index (Phi) is 5.28. The van der Waals surface area contributed by atoms with Crippen molar-refractivity contribution in [2.75, 3.05) is 24.7 Å². The third-order valence-corrected chi connectivity index (χ3v) is 6.92. The summed E-state index contributed by atoms with van der Waals surface area (Å²) in [6.07, 6.45) is 3.20. The van der Waals surface area contributed by atoms with Gasteiger partial charge in [0.25, 0.3) is 16.8 Å². The number of hydrogen-bond donors (Lipinski definition) is 3. The lowest BCUT2D eigenvalue weighted by Gasteiger charge is -2.39. The van der Waals surface area contributed by atoms with Gasteiger partial charge in [-0.1, -0.05) is 13.8 Å². The smallest absolute Gasteiger partial charge is 0.275 e. The summed E-state index contributed by atoms with van der Waals surface area (Å²) >= 11 is 1.65. The number of carbonyl (C=O) groups is 1. The average Bonchev–Trinajstić information content (AvgIpc) is 3.12. The molecule has 0 radical (unpaired) electrons. The number of aromatic nitrogens is 2. The van der Waals surface area contributed by atoms with E-state index in [4.69, 9.17) is 0 Å². The van der Waals surface area contributed by atoms with Crippen molar-refractivity contribution >= 4 is 34.3 Å². The van der Waals surface area contributed by atoms with Gasteiger partial charge in [-0.3, -0.25) is 14.4 Å². The molecule has 1 aliphatic rings. The van der Waals surface area contributed by atoms with Crippen LogP contribution in [0.4, 0.5) is 17.1 Å². The molecule has 0 saturated heterocycles. The van der Waals surface area contributed by atoms with Crippen molar-refractivity contribution in [2.45, 2.75) is 39.7 Å². The van der Waals surface area contributed by atoms with Crippen molar-refractivity contribution in [3.8, 4) is 5.75 Å². The lowest BCUT2D eigenvalue weighted by atomic mass is 9.74. The SMILES string of the molecule is Cc1nc2c(s1)CCC(C)(C)[C@H]2Nc1c(Nc2ccnc(C(=O)N(C)C)c2O)c(=O)c1=O. The fourth-order valence-corrected chi connectivity index (χ4v) is 4.93. The highest BCUT2D eigenvalue weighted by atomic mass is 32.1. The van der Waals surface area contributed by atoms with Gasteiger partial charge in [0.1, 0.15) is 11.4 Å². The van der Waals surface area contributed by atoms with Crippen molar-refractivity contribution in [3.63, 3.8) is 0 Å². The Hall–Kier alpha value is -3.27. The van der Waals surface area contributed by atoms with Gasteiger partial charge in [0.2, 0.25) is 0 Å². The first-order valence-corrected chi connectivity index (χ1v) is 11.1. The molecule has 0 fully saturated rings. The molecule has 0 spiro atoms. The molecular formula is C22H25N5O4S. The molecule has 3 aromatic rings. The number of carbonyl (C=O) groups excluding carboxylic acids is 1. The monoisotopic (exact) mass is 455 g/mol. The number of nitrogens with one attached hydrogen (secondary N) is 2. The van der Waals surface area contributed by atoms with E-state index in [9.17, 15) is 19.5 Å². The van der Waals surface area contributed by atoms with E-state index >= 15 is 0 Å². The predicted octanol–water partition coefficient (Wildman–Crippen LogP) is 2.72. The molecule has 3 N–H and O–H groups in total. The van der Waals surface area contributed by atoms with Crippen LogP contribution in [0.1, 0.15) is 52.4 Å². The topological polar surface area (TPSA) is 125 Å². The maximum Gasteiger partial charge on any atom is 0.275 e. The van der Waals surface area contributed by atoms with Crippen LogP contribution in [0.5, 0.6) is 5.75 Å². The number of pyridine rings is 1. The quantitative estimate of drug-likeness (QED) is 0.502. The summed E-state index contributed by atoms with van der Waals surface area (Å²) in [5, 5.41) is 17.6. The lowest BCUT2D eigenvalue weighted by Crippen LogP contribution is -2.41. The molecule has 32 heavy (non-hydrogen) atoms. The number of hydrogen-bond acceptors (Lipinski definition) is 9. The molecule has 0 aliphatic heterocycles. The van der Waals surface area contributed by atoms with Crippen LogP contribution in [0.2, 0.25) is 0 Å². The molecule has 4 rings (SSSR count). The first kappa shape index (κ1) is 21.9. The zero-order valence-electron chi connectivity index (χ0n) is 18.6. The highest BCUT2D eigenvalue weighted by molar-refractivity contribution is 7.11. The molecule has 0 saturated carbocycles. The van der Waals surface area contributed by atoms with E-state index in [1.165, 1.54) is 22.0 Å². The number of aryl methyl sites for hydroxylation is 2. The van der Waals surface area contributed by atoms with E-state index in [2.05, 4.69) is 34.4 Å². The van der Waals surface area contributed by atoms with E-state index in [1.807, 2.05) is 6.92 Å². The molecular weight excluding hydrogens is 430 g/mol. The number of amides is 1. The normalized spacial score (nSPS) is 17.1. The maximum absolute atomic E-state index is 12.5. The first-order valence-electron chi connectivity index (χ1n) is 10.2. The van der Waals surface area contributed by atoms with Crippen LogP contribution in [0.25, 0.3) is 0 Å². The second-order valence-corrected chi connectivity index (χ2v) is 10.2. The van der Waals surface area contributed by atoms with Gasteiger partial charge in [0, 0.05) is 25.2 Å². The molecule has 0 bridgehead atoms. The van der Waals surface area contributed by atoms with Crippen LogP contribution >= 0.6 is 11.3 Å². The van der Waals surface area contributed by atoms with Gasteiger partial charge in [-0.05, 0) is 31.2 Å². The third kappa shape index (κ3) is 3.54. The Morgan fingerprint density at radius 2 is 1.94 bits per heavy atom. The largest absolute Gasteiger partial charge is 0.504 e. The fraction of sp³-hybridized carbons (Fsp3) is 0.409. The van der Waals surface area contributed by atoms with Gasteiger partial charge in [0.15, 0.2) is 11.4 Å². The van der Waals surface area contributed by atoms with Crippen molar-refractivity contribution in [3.05, 3.63) is 54.0 Å². The summed E-state index contributed by atoms with van der Waals surface area (Å²) in [4.78, 5) is 48.2. The van der Waals surface area contributed by atoms with E-state index < -0.39 is 16.8 Å². The molecule has 2 heterocycles. The van der Waals surface area contributed by atoms with E-state index in [0.29, 0.717) is 0 Å². The Bertz CT molecular complexity index is 1290. The van der Waals surface area contributed by atoms with Gasteiger partial charge in [0.05, 0.1) is 22.4 Å². The minimum Gasteiger partial charge on any atom is -0.504 e. The van der Waals surface area contributed by atoms with Crippen LogP contribution in [0.3, 0.4) is 0 Å². The van der Waals surface area contributed by atoms with Crippen LogP contribution in [-0.4, -0.2) is 40.0 Å². The number of anilines is 3. The summed E-state index contributed by atoms with van der Waals surface area (Å²) in [6, 6.07) is 1.20. The molecule has 0 unspecified atom stereocenters. The molecule has 9 nitrogen and oxygen atoms in total. The van der Waals surface area contributed by atoms with Crippen LogP contribution in [0, 0.1) is 12.3 Å². The van der Waals surface area contributed by atoms with Crippen molar-refractivity contribution in [1.82, 2.24) is 14.9 Å². The third-order valence-electron chi connectivity index (χ3n) is 5.88. The van der Waals surface area contributed by atoms with Crippen LogP contribution in [-0.2, 0) is 6.42 Å². The van der Waals surface area contributed by atoms with Gasteiger partial charge in [-0.15, -0.1) is 11.3 Å². The predicted molar refractivity (Wildman–Crippen MR) is 124 cm³/mol. The van der Waals surface area contributed by atoms with Crippen LogP contribution in [0.15, 0.2) is 21.9 Å². The summed E-state index contributed by atoms with van der Waals surface area (Å²) in [7, 11) is 3.09. The Balaban J connectivity index is 1.68. The van der Waals surface area contributed by atoms with Crippen molar-refractivity contribution in [1.29, 1.82) is 0 Å². The van der Waals surface area contributed by atoms with Gasteiger partial charge < -0.3 is 20.6 Å². The van der Waals surface area contributed by atoms with E-state index in [1.54, 1.807) is 25.4 Å². The number of thiazole rings is 1. The Labute approximate surface area is 188 Å².